The zero-order chi connectivity index (χ0) is 44.8. The maximum Gasteiger partial charge on any atom is 0.351 e. The highest BCUT2D eigenvalue weighted by molar-refractivity contribution is 7.44. The van der Waals surface area contributed by atoms with Crippen molar-refractivity contribution >= 4 is 26.2 Å². The Morgan fingerprint density at radius 1 is 0.903 bits per heavy atom. The molecule has 0 spiro atoms. The second-order valence-corrected chi connectivity index (χ2v) is 16.3. The molecule has 1 aliphatic rings. The summed E-state index contributed by atoms with van der Waals surface area (Å²) in [6.07, 6.45) is -2.52. The third-order valence-electron chi connectivity index (χ3n) is 10.1. The molecule has 332 valence electrons. The van der Waals surface area contributed by atoms with Gasteiger partial charge in [0.15, 0.2) is 6.23 Å². The molecule has 5 rings (SSSR count). The summed E-state index contributed by atoms with van der Waals surface area (Å²) < 4.78 is 48.6. The third-order valence-corrected chi connectivity index (χ3v) is 12.3. The van der Waals surface area contributed by atoms with E-state index in [0.717, 1.165) is 16.7 Å². The summed E-state index contributed by atoms with van der Waals surface area (Å²) >= 11 is 0. The number of nitrogens with one attached hydrogen (secondary N) is 2. The van der Waals surface area contributed by atoms with Crippen molar-refractivity contribution < 1.29 is 42.3 Å². The first kappa shape index (κ1) is 47.8. The summed E-state index contributed by atoms with van der Waals surface area (Å²) in [5.74, 6) is 0.729. The normalized spacial score (nSPS) is 18.1. The Kier molecular flexibility index (Phi) is 17.5. The van der Waals surface area contributed by atoms with Crippen LogP contribution in [-0.4, -0.2) is 97.5 Å². The molecule has 16 nitrogen and oxygen atoms in total. The van der Waals surface area contributed by atoms with Crippen LogP contribution in [0.4, 0.5) is 5.82 Å². The Bertz CT molecular complexity index is 2090. The van der Waals surface area contributed by atoms with Crippen molar-refractivity contribution in [2.45, 2.75) is 89.7 Å². The van der Waals surface area contributed by atoms with Gasteiger partial charge in [0, 0.05) is 38.7 Å². The van der Waals surface area contributed by atoms with Crippen LogP contribution in [-0.2, 0) is 38.4 Å². The first-order chi connectivity index (χ1) is 29.9. The number of nitrogens with zero attached hydrogens (tertiary/aromatic N) is 4. The SMILES string of the molecule is CNC(=O)CCOC1C(OP(OCCC#N)N(C(C)C)C(C)C)[C@@H](COC(c2ccccc2)(c2ccc(OC)cc2)c2ccc(OC)cc2)O[C@H]1n1ccc(NC(C)=O)nc1=O. The molecule has 1 fully saturated rings. The number of carbonyl (C=O) groups excluding carboxylic acids is 2. The standard InChI is InChI=1S/C45H57N6O10P/c1-30(2)51(31(3)4)62(59-27-12-25-46)61-41-38(60-43(42(41)57-28-24-40(53)47-6)50-26-23-39(48-32(5)52)49-44(50)54)29-58-45(33-13-10-9-11-14-33,34-15-19-36(55-7)20-16-34)35-17-21-37(56-8)22-18-35/h9-11,13-23,26,30-31,38,41-43H,12,24,27-29H2,1-8H3,(H,47,53)(H,48,49,52,54)/t38-,41?,42?,43-,62?/m1/s1. The monoisotopic (exact) mass is 872 g/mol. The number of nitriles is 1. The van der Waals surface area contributed by atoms with Gasteiger partial charge < -0.3 is 43.4 Å². The molecule has 17 heteroatoms. The molecule has 1 aliphatic heterocycles. The average Bonchev–Trinajstić information content (AvgIpc) is 3.59. The lowest BCUT2D eigenvalue weighted by atomic mass is 9.80. The molecule has 0 radical (unpaired) electrons. The van der Waals surface area contributed by atoms with E-state index in [2.05, 4.69) is 26.4 Å². The smallest absolute Gasteiger partial charge is 0.351 e. The summed E-state index contributed by atoms with van der Waals surface area (Å²) in [6, 6.07) is 28.6. The Balaban J connectivity index is 1.69. The van der Waals surface area contributed by atoms with E-state index >= 15 is 0 Å². The molecule has 62 heavy (non-hydrogen) atoms. The number of amides is 2. The number of carbonyl (C=O) groups is 2. The van der Waals surface area contributed by atoms with Crippen LogP contribution in [0.5, 0.6) is 11.5 Å². The minimum Gasteiger partial charge on any atom is -0.497 e. The fourth-order valence-electron chi connectivity index (χ4n) is 7.32. The van der Waals surface area contributed by atoms with Gasteiger partial charge in [-0.15, -0.1) is 0 Å². The minimum absolute atomic E-state index is 0.00578. The van der Waals surface area contributed by atoms with Crippen molar-refractivity contribution in [1.82, 2.24) is 19.5 Å². The van der Waals surface area contributed by atoms with Crippen molar-refractivity contribution in [1.29, 1.82) is 5.26 Å². The molecule has 3 unspecified atom stereocenters. The molecule has 1 aromatic heterocycles. The molecule has 5 atom stereocenters. The van der Waals surface area contributed by atoms with E-state index in [0.29, 0.717) is 11.5 Å². The van der Waals surface area contributed by atoms with Crippen LogP contribution in [0.3, 0.4) is 0 Å². The number of hydrogen-bond donors (Lipinski definition) is 2. The van der Waals surface area contributed by atoms with Crippen LogP contribution < -0.4 is 25.8 Å². The Morgan fingerprint density at radius 3 is 2.02 bits per heavy atom. The molecular formula is C45H57N6O10P. The van der Waals surface area contributed by atoms with Gasteiger partial charge in [0.05, 0.1) is 46.5 Å². The Morgan fingerprint density at radius 2 is 1.50 bits per heavy atom. The molecule has 2 heterocycles. The zero-order valence-electron chi connectivity index (χ0n) is 36.5. The summed E-state index contributed by atoms with van der Waals surface area (Å²) in [6.45, 7) is 9.34. The number of anilines is 1. The highest BCUT2D eigenvalue weighted by Gasteiger charge is 2.51. The van der Waals surface area contributed by atoms with E-state index in [9.17, 15) is 19.6 Å². The Labute approximate surface area is 364 Å². The van der Waals surface area contributed by atoms with Gasteiger partial charge in [-0.2, -0.15) is 10.2 Å². The van der Waals surface area contributed by atoms with Crippen molar-refractivity contribution in [3.05, 3.63) is 118 Å². The van der Waals surface area contributed by atoms with Gasteiger partial charge in [0.2, 0.25) is 11.8 Å². The molecular weight excluding hydrogens is 816 g/mol. The van der Waals surface area contributed by atoms with Gasteiger partial charge in [-0.1, -0.05) is 54.6 Å². The molecule has 1 saturated heterocycles. The van der Waals surface area contributed by atoms with E-state index in [1.165, 1.54) is 30.8 Å². The van der Waals surface area contributed by atoms with E-state index in [4.69, 9.17) is 32.7 Å². The minimum atomic E-state index is -1.89. The van der Waals surface area contributed by atoms with Crippen LogP contribution in [0.25, 0.3) is 0 Å². The van der Waals surface area contributed by atoms with Crippen molar-refractivity contribution in [2.75, 3.05) is 46.4 Å². The predicted octanol–water partition coefficient (Wildman–Crippen LogP) is 6.31. The molecule has 4 aromatic rings. The van der Waals surface area contributed by atoms with E-state index < -0.39 is 50.3 Å². The van der Waals surface area contributed by atoms with Gasteiger partial charge in [-0.05, 0) is 74.7 Å². The molecule has 3 aromatic carbocycles. The van der Waals surface area contributed by atoms with E-state index in [1.807, 2.05) is 107 Å². The second-order valence-electron chi connectivity index (χ2n) is 14.9. The third kappa shape index (κ3) is 11.6. The zero-order valence-corrected chi connectivity index (χ0v) is 37.4. The number of aromatic nitrogens is 2. The highest BCUT2D eigenvalue weighted by Crippen LogP contribution is 2.51. The topological polar surface area (TPSA) is 185 Å². The maximum absolute atomic E-state index is 13.8. The lowest BCUT2D eigenvalue weighted by molar-refractivity contribution is -0.124. The van der Waals surface area contributed by atoms with Crippen LogP contribution >= 0.6 is 8.53 Å². The number of hydrogen-bond acceptors (Lipinski definition) is 13. The van der Waals surface area contributed by atoms with Crippen molar-refractivity contribution in [3.63, 3.8) is 0 Å². The van der Waals surface area contributed by atoms with Crippen molar-refractivity contribution in [2.24, 2.45) is 0 Å². The molecule has 0 saturated carbocycles. The highest BCUT2D eigenvalue weighted by atomic mass is 31.2. The fraction of sp³-hybridized carbons (Fsp3) is 0.444. The lowest BCUT2D eigenvalue weighted by Gasteiger charge is -2.39. The molecule has 2 amide bonds. The summed E-state index contributed by atoms with van der Waals surface area (Å²) in [5.41, 5.74) is 0.386. The largest absolute Gasteiger partial charge is 0.497 e. The fourth-order valence-corrected chi connectivity index (χ4v) is 9.09. The van der Waals surface area contributed by atoms with Crippen LogP contribution in [0.2, 0.25) is 0 Å². The summed E-state index contributed by atoms with van der Waals surface area (Å²) in [4.78, 5) is 42.3. The first-order valence-electron chi connectivity index (χ1n) is 20.4. The average molecular weight is 873 g/mol. The number of ether oxygens (including phenoxy) is 5. The molecule has 2 N–H and O–H groups in total. The number of rotatable bonds is 22. The number of benzene rings is 3. The van der Waals surface area contributed by atoms with Crippen molar-refractivity contribution in [3.8, 4) is 17.6 Å². The van der Waals surface area contributed by atoms with Crippen LogP contribution in [0, 0.1) is 11.3 Å². The van der Waals surface area contributed by atoms with E-state index in [1.54, 1.807) is 14.2 Å². The van der Waals surface area contributed by atoms with Gasteiger partial charge in [-0.3, -0.25) is 14.2 Å². The van der Waals surface area contributed by atoms with Gasteiger partial charge >= 0.3 is 5.69 Å². The van der Waals surface area contributed by atoms with Gasteiger partial charge in [-0.25, -0.2) is 9.46 Å². The van der Waals surface area contributed by atoms with Crippen LogP contribution in [0.1, 0.15) is 70.4 Å². The van der Waals surface area contributed by atoms with E-state index in [-0.39, 0.29) is 56.5 Å². The lowest BCUT2D eigenvalue weighted by Crippen LogP contribution is -2.43. The van der Waals surface area contributed by atoms with Gasteiger partial charge in [0.1, 0.15) is 41.2 Å². The van der Waals surface area contributed by atoms with Gasteiger partial charge in [0.25, 0.3) is 8.53 Å². The second kappa shape index (κ2) is 22.7. The van der Waals surface area contributed by atoms with Crippen LogP contribution in [0.15, 0.2) is 95.9 Å². The predicted molar refractivity (Wildman–Crippen MR) is 233 cm³/mol. The quantitative estimate of drug-likeness (QED) is 0.0510. The Hall–Kier alpha value is -5.24. The number of methoxy groups -OCH3 is 2. The molecule has 0 bridgehead atoms. The molecule has 0 aliphatic carbocycles. The first-order valence-corrected chi connectivity index (χ1v) is 21.6. The maximum atomic E-state index is 13.8. The summed E-state index contributed by atoms with van der Waals surface area (Å²) in [7, 11) is 2.85. The summed E-state index contributed by atoms with van der Waals surface area (Å²) in [5, 5.41) is 14.6.